The summed E-state index contributed by atoms with van der Waals surface area (Å²) in [6, 6.07) is 5.42. The maximum Gasteiger partial charge on any atom is 0.501 e. The molecule has 0 unspecified atom stereocenters. The van der Waals surface area contributed by atoms with Crippen LogP contribution in [0, 0.1) is 0 Å². The number of pyridine rings is 1. The number of phenolic OH excluding ortho intramolecular Hbond substituents is 1. The summed E-state index contributed by atoms with van der Waals surface area (Å²) in [5, 5.41) is 12.7. The van der Waals surface area contributed by atoms with Gasteiger partial charge in [0.15, 0.2) is 5.75 Å². The molecule has 146 valence electrons. The van der Waals surface area contributed by atoms with Crippen molar-refractivity contribution in [1.82, 2.24) is 4.98 Å². The Bertz CT molecular complexity index is 967. The van der Waals surface area contributed by atoms with Gasteiger partial charge in [-0.25, -0.2) is 8.42 Å². The summed E-state index contributed by atoms with van der Waals surface area (Å²) in [4.78, 5) is 14.4. The van der Waals surface area contributed by atoms with Crippen molar-refractivity contribution in [2.45, 2.75) is 22.2 Å². The molecule has 0 bridgehead atoms. The van der Waals surface area contributed by atoms with Gasteiger partial charge in [-0.2, -0.15) is 13.2 Å². The van der Waals surface area contributed by atoms with Gasteiger partial charge in [-0.05, 0) is 39.9 Å². The first-order valence-electron chi connectivity index (χ1n) is 7.22. The minimum atomic E-state index is -5.73. The molecule has 6 nitrogen and oxygen atoms in total. The van der Waals surface area contributed by atoms with Crippen LogP contribution in [0.1, 0.15) is 17.4 Å². The van der Waals surface area contributed by atoms with Crippen LogP contribution in [-0.4, -0.2) is 35.7 Å². The summed E-state index contributed by atoms with van der Waals surface area (Å²) in [6.45, 7) is 1.57. The number of hydrogen-bond donors (Lipinski definition) is 2. The zero-order valence-corrected chi connectivity index (χ0v) is 16.8. The summed E-state index contributed by atoms with van der Waals surface area (Å²) in [6.07, 6.45) is 1.36. The molecule has 1 heterocycles. The van der Waals surface area contributed by atoms with Crippen molar-refractivity contribution in [2.24, 2.45) is 0 Å². The number of rotatable bonds is 5. The molecule has 0 saturated carbocycles. The van der Waals surface area contributed by atoms with Gasteiger partial charge in [0.05, 0.1) is 10.6 Å². The summed E-state index contributed by atoms with van der Waals surface area (Å²) < 4.78 is 62.4. The van der Waals surface area contributed by atoms with E-state index >= 15 is 0 Å². The fourth-order valence-electron chi connectivity index (χ4n) is 2.02. The number of halogens is 4. The minimum absolute atomic E-state index is 0.00436. The molecule has 2 aromatic rings. The van der Waals surface area contributed by atoms with E-state index in [4.69, 9.17) is 0 Å². The third-order valence-corrected chi connectivity index (χ3v) is 6.74. The molecule has 1 aromatic heterocycles. The standard InChI is InChI=1S/C15H12BrF3N2O4S2/c1-2-26-12-11(22)10(21-14(23)9-5-3-4-6-20-9)7-8(16)13(12)27(24,25)15(17,18)19/h3-7,22H,2H2,1H3,(H,21,23). The van der Waals surface area contributed by atoms with Crippen LogP contribution in [0.5, 0.6) is 5.75 Å². The third-order valence-electron chi connectivity index (χ3n) is 3.17. The first kappa shape index (κ1) is 21.5. The molecular formula is C15H12BrF3N2O4S2. The first-order valence-corrected chi connectivity index (χ1v) is 10.5. The van der Waals surface area contributed by atoms with Gasteiger partial charge in [-0.3, -0.25) is 9.78 Å². The predicted molar refractivity (Wildman–Crippen MR) is 97.6 cm³/mol. The van der Waals surface area contributed by atoms with Crippen LogP contribution in [0.2, 0.25) is 0 Å². The number of alkyl halides is 3. The van der Waals surface area contributed by atoms with Gasteiger partial charge in [0.25, 0.3) is 15.7 Å². The van der Waals surface area contributed by atoms with Crippen molar-refractivity contribution in [2.75, 3.05) is 11.1 Å². The molecule has 12 heteroatoms. The number of nitrogens with zero attached hydrogens (tertiary/aromatic N) is 1. The van der Waals surface area contributed by atoms with Crippen molar-refractivity contribution < 1.29 is 31.5 Å². The number of carbonyl (C=O) groups is 1. The molecular weight excluding hydrogens is 473 g/mol. The monoisotopic (exact) mass is 484 g/mol. The van der Waals surface area contributed by atoms with Crippen LogP contribution in [-0.2, 0) is 9.84 Å². The van der Waals surface area contributed by atoms with E-state index in [1.807, 2.05) is 0 Å². The van der Waals surface area contributed by atoms with Crippen LogP contribution in [0.3, 0.4) is 0 Å². The Morgan fingerprint density at radius 2 is 2.04 bits per heavy atom. The Kier molecular flexibility index (Phi) is 6.43. The van der Waals surface area contributed by atoms with E-state index in [2.05, 4.69) is 26.2 Å². The van der Waals surface area contributed by atoms with Crippen molar-refractivity contribution in [3.05, 3.63) is 40.6 Å². The molecule has 0 fully saturated rings. The van der Waals surface area contributed by atoms with Gasteiger partial charge < -0.3 is 10.4 Å². The highest BCUT2D eigenvalue weighted by molar-refractivity contribution is 9.10. The van der Waals surface area contributed by atoms with Gasteiger partial charge in [0.2, 0.25) is 0 Å². The Labute approximate surface area is 165 Å². The molecule has 0 aliphatic carbocycles. The summed E-state index contributed by atoms with van der Waals surface area (Å²) in [7, 11) is -5.73. The molecule has 0 atom stereocenters. The average Bonchev–Trinajstić information content (AvgIpc) is 2.58. The van der Waals surface area contributed by atoms with Crippen molar-refractivity contribution in [3.63, 3.8) is 0 Å². The predicted octanol–water partition coefficient (Wildman–Crippen LogP) is 4.21. The van der Waals surface area contributed by atoms with E-state index in [1.165, 1.54) is 12.3 Å². The second-order valence-corrected chi connectivity index (χ2v) is 8.97. The number of aromatic hydroxyl groups is 1. The number of nitrogens with one attached hydrogen (secondary N) is 1. The van der Waals surface area contributed by atoms with E-state index in [-0.39, 0.29) is 17.1 Å². The largest absolute Gasteiger partial charge is 0.505 e. The molecule has 0 aliphatic heterocycles. The Morgan fingerprint density at radius 3 is 2.56 bits per heavy atom. The van der Waals surface area contributed by atoms with E-state index in [1.54, 1.807) is 19.1 Å². The highest BCUT2D eigenvalue weighted by Crippen LogP contribution is 2.47. The fourth-order valence-corrected chi connectivity index (χ4v) is 5.39. The molecule has 0 spiro atoms. The topological polar surface area (TPSA) is 96.4 Å². The second kappa shape index (κ2) is 8.07. The normalized spacial score (nSPS) is 12.0. The van der Waals surface area contributed by atoms with Gasteiger partial charge >= 0.3 is 5.51 Å². The lowest BCUT2D eigenvalue weighted by molar-refractivity contribution is -0.0437. The van der Waals surface area contributed by atoms with Crippen molar-refractivity contribution >= 4 is 49.1 Å². The Morgan fingerprint density at radius 1 is 1.37 bits per heavy atom. The number of hydrogen-bond acceptors (Lipinski definition) is 6. The molecule has 0 saturated heterocycles. The minimum Gasteiger partial charge on any atom is -0.505 e. The van der Waals surface area contributed by atoms with Crippen LogP contribution in [0.15, 0.2) is 44.7 Å². The van der Waals surface area contributed by atoms with E-state index in [0.29, 0.717) is 11.8 Å². The van der Waals surface area contributed by atoms with Crippen molar-refractivity contribution in [3.8, 4) is 5.75 Å². The van der Waals surface area contributed by atoms with Gasteiger partial charge in [-0.1, -0.05) is 13.0 Å². The zero-order valence-electron chi connectivity index (χ0n) is 13.5. The number of aromatic nitrogens is 1. The number of amides is 1. The summed E-state index contributed by atoms with van der Waals surface area (Å²) >= 11 is 3.50. The summed E-state index contributed by atoms with van der Waals surface area (Å²) in [5.41, 5.74) is -5.80. The average molecular weight is 485 g/mol. The molecule has 0 radical (unpaired) electrons. The maximum absolute atomic E-state index is 13.0. The fraction of sp³-hybridized carbons (Fsp3) is 0.200. The van der Waals surface area contributed by atoms with Crippen molar-refractivity contribution in [1.29, 1.82) is 0 Å². The highest BCUT2D eigenvalue weighted by Gasteiger charge is 2.49. The number of thioether (sulfide) groups is 1. The van der Waals surface area contributed by atoms with Crippen LogP contribution in [0.4, 0.5) is 18.9 Å². The SMILES string of the molecule is CCSc1c(O)c(NC(=O)c2ccccn2)cc(Br)c1S(=O)(=O)C(F)(F)F. The zero-order chi connectivity index (χ0) is 20.4. The number of anilines is 1. The second-order valence-electron chi connectivity index (χ2n) is 4.96. The van der Waals surface area contributed by atoms with Crippen LogP contribution in [0.25, 0.3) is 0 Å². The lowest BCUT2D eigenvalue weighted by Crippen LogP contribution is -2.24. The maximum atomic E-state index is 13.0. The van der Waals surface area contributed by atoms with Gasteiger partial charge in [0.1, 0.15) is 10.6 Å². The van der Waals surface area contributed by atoms with E-state index in [0.717, 1.165) is 6.07 Å². The van der Waals surface area contributed by atoms with Gasteiger partial charge in [0, 0.05) is 10.7 Å². The van der Waals surface area contributed by atoms with Crippen LogP contribution >= 0.6 is 27.7 Å². The van der Waals surface area contributed by atoms with E-state index in [9.17, 15) is 31.5 Å². The number of carbonyl (C=O) groups excluding carboxylic acids is 1. The molecule has 2 N–H and O–H groups in total. The number of benzene rings is 1. The highest BCUT2D eigenvalue weighted by atomic mass is 79.9. The Hall–Kier alpha value is -1.79. The summed E-state index contributed by atoms with van der Waals surface area (Å²) in [5.74, 6) is -1.33. The van der Waals surface area contributed by atoms with Crippen LogP contribution < -0.4 is 5.32 Å². The first-order chi connectivity index (χ1) is 12.5. The quantitative estimate of drug-likeness (QED) is 0.487. The lowest BCUT2D eigenvalue weighted by Gasteiger charge is -2.18. The third kappa shape index (κ3) is 4.38. The number of phenols is 1. The molecule has 2 rings (SSSR count). The number of sulfone groups is 1. The van der Waals surface area contributed by atoms with Gasteiger partial charge in [-0.15, -0.1) is 11.8 Å². The smallest absolute Gasteiger partial charge is 0.501 e. The Balaban J connectivity index is 2.59. The molecule has 0 aliphatic rings. The lowest BCUT2D eigenvalue weighted by atomic mass is 10.2. The molecule has 1 amide bonds. The molecule has 1 aromatic carbocycles. The molecule has 27 heavy (non-hydrogen) atoms. The van der Waals surface area contributed by atoms with E-state index < -0.39 is 41.3 Å².